The second kappa shape index (κ2) is 8.18. The SMILES string of the molecule is CNC(=O)Cc1ccccc1NC(=O)c1cnn(-c2ccc(Br)cc2)c1C. The van der Waals surface area contributed by atoms with Gasteiger partial charge in [0.15, 0.2) is 0 Å². The predicted octanol–water partition coefficient (Wildman–Crippen LogP) is 3.48. The van der Waals surface area contributed by atoms with Crippen LogP contribution in [0.25, 0.3) is 5.69 Å². The molecule has 2 aromatic carbocycles. The Labute approximate surface area is 165 Å². The van der Waals surface area contributed by atoms with E-state index in [-0.39, 0.29) is 18.2 Å². The fraction of sp³-hybridized carbons (Fsp3) is 0.150. The Kier molecular flexibility index (Phi) is 5.71. The van der Waals surface area contributed by atoms with E-state index in [2.05, 4.69) is 31.7 Å². The van der Waals surface area contributed by atoms with Gasteiger partial charge >= 0.3 is 0 Å². The van der Waals surface area contributed by atoms with Crippen molar-refractivity contribution in [3.8, 4) is 5.69 Å². The number of anilines is 1. The number of para-hydroxylation sites is 1. The van der Waals surface area contributed by atoms with Crippen LogP contribution in [-0.2, 0) is 11.2 Å². The van der Waals surface area contributed by atoms with Gasteiger partial charge in [-0.25, -0.2) is 4.68 Å². The lowest BCUT2D eigenvalue weighted by atomic mass is 10.1. The van der Waals surface area contributed by atoms with E-state index >= 15 is 0 Å². The van der Waals surface area contributed by atoms with Crippen molar-refractivity contribution in [2.45, 2.75) is 13.3 Å². The molecule has 1 heterocycles. The number of carbonyl (C=O) groups excluding carboxylic acids is 2. The molecule has 0 aliphatic carbocycles. The molecule has 7 heteroatoms. The van der Waals surface area contributed by atoms with Crippen molar-refractivity contribution in [1.82, 2.24) is 15.1 Å². The van der Waals surface area contributed by atoms with E-state index in [9.17, 15) is 9.59 Å². The minimum Gasteiger partial charge on any atom is -0.359 e. The highest BCUT2D eigenvalue weighted by Gasteiger charge is 2.17. The molecule has 0 aliphatic rings. The van der Waals surface area contributed by atoms with Gasteiger partial charge < -0.3 is 10.6 Å². The van der Waals surface area contributed by atoms with Gasteiger partial charge in [-0.3, -0.25) is 9.59 Å². The summed E-state index contributed by atoms with van der Waals surface area (Å²) < 4.78 is 2.69. The minimum absolute atomic E-state index is 0.115. The van der Waals surface area contributed by atoms with Gasteiger partial charge in [-0.2, -0.15) is 5.10 Å². The molecule has 2 N–H and O–H groups in total. The monoisotopic (exact) mass is 426 g/mol. The van der Waals surface area contributed by atoms with Crippen molar-refractivity contribution in [2.75, 3.05) is 12.4 Å². The number of aromatic nitrogens is 2. The van der Waals surface area contributed by atoms with Crippen molar-refractivity contribution < 1.29 is 9.59 Å². The maximum absolute atomic E-state index is 12.8. The number of rotatable bonds is 5. The number of nitrogens with zero attached hydrogens (tertiary/aromatic N) is 2. The molecule has 0 unspecified atom stereocenters. The van der Waals surface area contributed by atoms with Crippen molar-refractivity contribution in [2.24, 2.45) is 0 Å². The summed E-state index contributed by atoms with van der Waals surface area (Å²) in [5, 5.41) is 9.82. The van der Waals surface area contributed by atoms with Crippen LogP contribution in [0, 0.1) is 6.92 Å². The quantitative estimate of drug-likeness (QED) is 0.655. The number of amides is 2. The van der Waals surface area contributed by atoms with Crippen LogP contribution in [0.15, 0.2) is 59.2 Å². The molecule has 0 radical (unpaired) electrons. The average Bonchev–Trinajstić information content (AvgIpc) is 3.05. The van der Waals surface area contributed by atoms with Crippen LogP contribution < -0.4 is 10.6 Å². The van der Waals surface area contributed by atoms with Crippen molar-refractivity contribution >= 4 is 33.4 Å². The lowest BCUT2D eigenvalue weighted by molar-refractivity contribution is -0.119. The van der Waals surface area contributed by atoms with Gasteiger partial charge in [0.1, 0.15) is 0 Å². The van der Waals surface area contributed by atoms with E-state index in [0.29, 0.717) is 11.3 Å². The standard InChI is InChI=1S/C20H19BrN4O2/c1-13-17(12-23-25(13)16-9-7-15(21)8-10-16)20(27)24-18-6-4-3-5-14(18)11-19(26)22-2/h3-10,12H,11H2,1-2H3,(H,22,26)(H,24,27). The summed E-state index contributed by atoms with van der Waals surface area (Å²) in [4.78, 5) is 24.5. The number of halogens is 1. The number of likely N-dealkylation sites (N-methyl/N-ethyl adjacent to an activating group) is 1. The summed E-state index contributed by atoms with van der Waals surface area (Å²) in [7, 11) is 1.59. The maximum Gasteiger partial charge on any atom is 0.259 e. The fourth-order valence-electron chi connectivity index (χ4n) is 2.72. The minimum atomic E-state index is -0.264. The molecule has 0 spiro atoms. The van der Waals surface area contributed by atoms with E-state index in [1.165, 1.54) is 0 Å². The average molecular weight is 427 g/mol. The topological polar surface area (TPSA) is 76.0 Å². The maximum atomic E-state index is 12.8. The lowest BCUT2D eigenvalue weighted by Gasteiger charge is -2.11. The van der Waals surface area contributed by atoms with Gasteiger partial charge in [0.05, 0.1) is 29.6 Å². The van der Waals surface area contributed by atoms with Gasteiger partial charge in [0.25, 0.3) is 5.91 Å². The third kappa shape index (κ3) is 4.25. The Morgan fingerprint density at radius 1 is 1.11 bits per heavy atom. The fourth-order valence-corrected chi connectivity index (χ4v) is 2.99. The van der Waals surface area contributed by atoms with Gasteiger partial charge in [0, 0.05) is 17.2 Å². The van der Waals surface area contributed by atoms with Crippen molar-refractivity contribution in [3.05, 3.63) is 76.0 Å². The zero-order chi connectivity index (χ0) is 19.4. The summed E-state index contributed by atoms with van der Waals surface area (Å²) in [5.74, 6) is -0.379. The van der Waals surface area contributed by atoms with Crippen LogP contribution in [0.2, 0.25) is 0 Å². The van der Waals surface area contributed by atoms with Crippen LogP contribution in [-0.4, -0.2) is 28.6 Å². The van der Waals surface area contributed by atoms with Crippen LogP contribution in [0.4, 0.5) is 5.69 Å². The molecule has 1 aromatic heterocycles. The summed E-state index contributed by atoms with van der Waals surface area (Å²) >= 11 is 3.41. The molecule has 6 nitrogen and oxygen atoms in total. The molecule has 0 saturated heterocycles. The largest absolute Gasteiger partial charge is 0.359 e. The highest BCUT2D eigenvalue weighted by Crippen LogP contribution is 2.20. The first-order valence-corrected chi connectivity index (χ1v) is 9.19. The molecule has 138 valence electrons. The predicted molar refractivity (Wildman–Crippen MR) is 108 cm³/mol. The zero-order valence-electron chi connectivity index (χ0n) is 15.0. The van der Waals surface area contributed by atoms with Gasteiger partial charge in [-0.05, 0) is 42.8 Å². The number of nitrogens with one attached hydrogen (secondary N) is 2. The molecular weight excluding hydrogens is 408 g/mol. The Balaban J connectivity index is 1.84. The van der Waals surface area contributed by atoms with Crippen LogP contribution >= 0.6 is 15.9 Å². The summed E-state index contributed by atoms with van der Waals surface area (Å²) in [6.45, 7) is 1.85. The Morgan fingerprint density at radius 3 is 2.52 bits per heavy atom. The van der Waals surface area contributed by atoms with Crippen molar-refractivity contribution in [1.29, 1.82) is 0 Å². The molecule has 27 heavy (non-hydrogen) atoms. The highest BCUT2D eigenvalue weighted by atomic mass is 79.9. The van der Waals surface area contributed by atoms with E-state index in [1.54, 1.807) is 24.0 Å². The van der Waals surface area contributed by atoms with Gasteiger partial charge in [0.2, 0.25) is 5.91 Å². The van der Waals surface area contributed by atoms with Gasteiger partial charge in [-0.15, -0.1) is 0 Å². The molecule has 3 aromatic rings. The first-order valence-electron chi connectivity index (χ1n) is 8.40. The van der Waals surface area contributed by atoms with Crippen LogP contribution in [0.3, 0.4) is 0 Å². The number of hydrogen-bond donors (Lipinski definition) is 2. The van der Waals surface area contributed by atoms with E-state index in [4.69, 9.17) is 0 Å². The zero-order valence-corrected chi connectivity index (χ0v) is 16.6. The van der Waals surface area contributed by atoms with Gasteiger partial charge in [-0.1, -0.05) is 34.1 Å². The smallest absolute Gasteiger partial charge is 0.259 e. The third-order valence-electron chi connectivity index (χ3n) is 4.22. The lowest BCUT2D eigenvalue weighted by Crippen LogP contribution is -2.21. The molecule has 0 aliphatic heterocycles. The number of benzene rings is 2. The van der Waals surface area contributed by atoms with Crippen molar-refractivity contribution in [3.63, 3.8) is 0 Å². The first-order chi connectivity index (χ1) is 13.0. The molecule has 2 amide bonds. The van der Waals surface area contributed by atoms with E-state index in [0.717, 1.165) is 21.4 Å². The second-order valence-corrected chi connectivity index (χ2v) is 6.91. The normalized spacial score (nSPS) is 10.5. The Hall–Kier alpha value is -2.93. The van der Waals surface area contributed by atoms with E-state index in [1.807, 2.05) is 49.4 Å². The highest BCUT2D eigenvalue weighted by molar-refractivity contribution is 9.10. The Morgan fingerprint density at radius 2 is 1.81 bits per heavy atom. The summed E-state index contributed by atoms with van der Waals surface area (Å²) in [6.07, 6.45) is 1.75. The molecule has 0 atom stereocenters. The second-order valence-electron chi connectivity index (χ2n) is 5.99. The molecule has 0 fully saturated rings. The van der Waals surface area contributed by atoms with Crippen LogP contribution in [0.5, 0.6) is 0 Å². The Bertz CT molecular complexity index is 980. The number of hydrogen-bond acceptors (Lipinski definition) is 3. The molecule has 3 rings (SSSR count). The summed E-state index contributed by atoms with van der Waals surface area (Å²) in [5.41, 5.74) is 3.45. The third-order valence-corrected chi connectivity index (χ3v) is 4.75. The van der Waals surface area contributed by atoms with Crippen LogP contribution in [0.1, 0.15) is 21.6 Å². The summed E-state index contributed by atoms with van der Waals surface area (Å²) in [6, 6.07) is 14.9. The number of carbonyl (C=O) groups is 2. The first kappa shape index (κ1) is 18.8. The molecule has 0 bridgehead atoms. The molecular formula is C20H19BrN4O2. The van der Waals surface area contributed by atoms with E-state index < -0.39 is 0 Å². The molecule has 0 saturated carbocycles.